The van der Waals surface area contributed by atoms with Gasteiger partial charge in [0.1, 0.15) is 12.1 Å². The molecule has 0 aromatic carbocycles. The van der Waals surface area contributed by atoms with Crippen molar-refractivity contribution in [2.45, 2.75) is 103 Å². The fourth-order valence-electron chi connectivity index (χ4n) is 3.76. The normalized spacial score (nSPS) is 20.8. The molecule has 1 heterocycles. The highest BCUT2D eigenvalue weighted by Crippen LogP contribution is 2.08. The van der Waals surface area contributed by atoms with Crippen LogP contribution in [0.2, 0.25) is 0 Å². The highest BCUT2D eigenvalue weighted by Gasteiger charge is 2.27. The molecule has 0 bridgehead atoms. The van der Waals surface area contributed by atoms with Gasteiger partial charge in [0.2, 0.25) is 17.7 Å². The molecule has 4 atom stereocenters. The lowest BCUT2D eigenvalue weighted by Gasteiger charge is -2.25. The van der Waals surface area contributed by atoms with Crippen molar-refractivity contribution in [3.8, 4) is 0 Å². The van der Waals surface area contributed by atoms with Gasteiger partial charge < -0.3 is 26.4 Å². The van der Waals surface area contributed by atoms with E-state index in [1.165, 1.54) is 45.1 Å². The lowest BCUT2D eigenvalue weighted by Crippen LogP contribution is -2.55. The number of aliphatic hydroxyl groups is 1. The van der Waals surface area contributed by atoms with Gasteiger partial charge in [-0.1, -0.05) is 83.3 Å². The van der Waals surface area contributed by atoms with E-state index in [-0.39, 0.29) is 23.8 Å². The average molecular weight is 517 g/mol. The molecule has 1 aliphatic heterocycles. The summed E-state index contributed by atoms with van der Waals surface area (Å²) >= 11 is 0. The molecule has 4 unspecified atom stereocenters. The van der Waals surface area contributed by atoms with Crippen LogP contribution in [-0.4, -0.2) is 53.6 Å². The lowest BCUT2D eigenvalue weighted by molar-refractivity contribution is -0.130. The summed E-state index contributed by atoms with van der Waals surface area (Å²) in [7, 11) is 0. The van der Waals surface area contributed by atoms with Gasteiger partial charge in [-0.3, -0.25) is 14.4 Å². The third kappa shape index (κ3) is 14.5. The predicted molar refractivity (Wildman–Crippen MR) is 149 cm³/mol. The van der Waals surface area contributed by atoms with Crippen molar-refractivity contribution in [3.05, 3.63) is 48.7 Å². The van der Waals surface area contributed by atoms with E-state index in [1.807, 2.05) is 19.9 Å². The Balaban J connectivity index is 2.70. The minimum atomic E-state index is -0.975. The van der Waals surface area contributed by atoms with Gasteiger partial charge in [0.15, 0.2) is 0 Å². The molecule has 208 valence electrons. The fourth-order valence-corrected chi connectivity index (χ4v) is 3.76. The zero-order chi connectivity index (χ0) is 27.5. The molecule has 0 aromatic rings. The van der Waals surface area contributed by atoms with Crippen molar-refractivity contribution in [3.63, 3.8) is 0 Å². The molecule has 0 radical (unpaired) electrons. The molecule has 3 amide bonds. The summed E-state index contributed by atoms with van der Waals surface area (Å²) in [6, 6.07) is -2.21. The Labute approximate surface area is 223 Å². The summed E-state index contributed by atoms with van der Waals surface area (Å²) in [6.07, 6.45) is 22.0. The number of hydrogen-bond donors (Lipinski definition) is 5. The number of allylic oxidation sites excluding steroid dienone is 3. The highest BCUT2D eigenvalue weighted by atomic mass is 16.3. The maximum Gasteiger partial charge on any atom is 0.247 e. The van der Waals surface area contributed by atoms with E-state index in [0.29, 0.717) is 13.0 Å². The third-order valence-electron chi connectivity index (χ3n) is 6.11. The molecular formula is C29H48N4O4. The first-order valence-corrected chi connectivity index (χ1v) is 13.8. The number of carbonyl (C=O) groups excluding carboxylic acids is 3. The van der Waals surface area contributed by atoms with Crippen molar-refractivity contribution < 1.29 is 19.5 Å². The van der Waals surface area contributed by atoms with Crippen LogP contribution < -0.4 is 21.3 Å². The minimum Gasteiger partial charge on any atom is -0.391 e. The molecule has 5 N–H and O–H groups in total. The molecule has 0 aromatic heterocycles. The van der Waals surface area contributed by atoms with Gasteiger partial charge in [-0.15, -0.1) is 0 Å². The second-order valence-electron chi connectivity index (χ2n) is 9.86. The van der Waals surface area contributed by atoms with E-state index in [1.54, 1.807) is 30.5 Å². The van der Waals surface area contributed by atoms with Gasteiger partial charge >= 0.3 is 0 Å². The zero-order valence-electron chi connectivity index (χ0n) is 23.0. The van der Waals surface area contributed by atoms with Crippen LogP contribution >= 0.6 is 0 Å². The number of rotatable bonds is 14. The maximum absolute atomic E-state index is 13.0. The number of hydrogen-bond acceptors (Lipinski definition) is 5. The molecule has 1 aliphatic rings. The SMILES string of the molecule is CCCCCCCCC=CC=CNC(C(=O)NC1C=CCCNC(=O)C=CC(C(C)C)NC1=O)C(C)O. The van der Waals surface area contributed by atoms with Gasteiger partial charge in [-0.05, 0) is 44.4 Å². The highest BCUT2D eigenvalue weighted by molar-refractivity contribution is 5.92. The second-order valence-corrected chi connectivity index (χ2v) is 9.86. The molecular weight excluding hydrogens is 468 g/mol. The Bertz CT molecular complexity index is 802. The minimum absolute atomic E-state index is 0.0439. The summed E-state index contributed by atoms with van der Waals surface area (Å²) in [5, 5.41) is 21.5. The van der Waals surface area contributed by atoms with E-state index >= 15 is 0 Å². The standard InChI is InChI=1S/C29H48N4O4/c1-5-6-7-8-9-10-11-12-13-15-21-31-27(23(4)34)29(37)33-25-17-14-16-20-30-26(35)19-18-24(22(2)3)32-28(25)36/h12-15,17-19,21-25,27,31,34H,5-11,16,20H2,1-4H3,(H,30,35)(H,32,36)(H,33,37). The smallest absolute Gasteiger partial charge is 0.247 e. The van der Waals surface area contributed by atoms with E-state index < -0.39 is 24.1 Å². The molecule has 8 nitrogen and oxygen atoms in total. The lowest BCUT2D eigenvalue weighted by atomic mass is 10.0. The first-order chi connectivity index (χ1) is 17.8. The number of unbranched alkanes of at least 4 members (excludes halogenated alkanes) is 6. The van der Waals surface area contributed by atoms with Crippen LogP contribution in [-0.2, 0) is 14.4 Å². The largest absolute Gasteiger partial charge is 0.391 e. The Morgan fingerprint density at radius 1 is 1.11 bits per heavy atom. The Morgan fingerprint density at radius 2 is 1.84 bits per heavy atom. The molecule has 0 aliphatic carbocycles. The van der Waals surface area contributed by atoms with Crippen LogP contribution in [0.25, 0.3) is 0 Å². The van der Waals surface area contributed by atoms with Crippen molar-refractivity contribution in [2.24, 2.45) is 5.92 Å². The summed E-state index contributed by atoms with van der Waals surface area (Å²) in [5.74, 6) is -1.04. The number of amides is 3. The predicted octanol–water partition coefficient (Wildman–Crippen LogP) is 3.40. The van der Waals surface area contributed by atoms with Crippen LogP contribution in [0.4, 0.5) is 0 Å². The van der Waals surface area contributed by atoms with E-state index in [9.17, 15) is 19.5 Å². The summed E-state index contributed by atoms with van der Waals surface area (Å²) in [5.41, 5.74) is 0. The number of carbonyl (C=O) groups is 3. The van der Waals surface area contributed by atoms with Crippen molar-refractivity contribution >= 4 is 17.7 Å². The Kier molecular flexibility index (Phi) is 16.7. The third-order valence-corrected chi connectivity index (χ3v) is 6.11. The van der Waals surface area contributed by atoms with E-state index in [0.717, 1.165) is 12.8 Å². The molecule has 0 spiro atoms. The van der Waals surface area contributed by atoms with Crippen molar-refractivity contribution in [1.82, 2.24) is 21.3 Å². The van der Waals surface area contributed by atoms with Crippen LogP contribution in [0.3, 0.4) is 0 Å². The van der Waals surface area contributed by atoms with Gasteiger partial charge in [0.05, 0.1) is 6.10 Å². The summed E-state index contributed by atoms with van der Waals surface area (Å²) in [4.78, 5) is 37.9. The van der Waals surface area contributed by atoms with Gasteiger partial charge in [0, 0.05) is 18.7 Å². The van der Waals surface area contributed by atoms with E-state index in [4.69, 9.17) is 0 Å². The van der Waals surface area contributed by atoms with Crippen LogP contribution in [0, 0.1) is 5.92 Å². The second kappa shape index (κ2) is 19.3. The van der Waals surface area contributed by atoms with Crippen molar-refractivity contribution in [2.75, 3.05) is 6.54 Å². The molecule has 8 heteroatoms. The molecule has 1 rings (SSSR count). The zero-order valence-corrected chi connectivity index (χ0v) is 23.0. The monoisotopic (exact) mass is 516 g/mol. The van der Waals surface area contributed by atoms with Gasteiger partial charge in [-0.25, -0.2) is 0 Å². The fraction of sp³-hybridized carbons (Fsp3) is 0.621. The van der Waals surface area contributed by atoms with Gasteiger partial charge in [0.25, 0.3) is 0 Å². The van der Waals surface area contributed by atoms with Crippen LogP contribution in [0.5, 0.6) is 0 Å². The summed E-state index contributed by atoms with van der Waals surface area (Å²) < 4.78 is 0. The quantitative estimate of drug-likeness (QED) is 0.138. The van der Waals surface area contributed by atoms with Crippen molar-refractivity contribution in [1.29, 1.82) is 0 Å². The Morgan fingerprint density at radius 3 is 2.54 bits per heavy atom. The number of nitrogens with one attached hydrogen (secondary N) is 4. The first-order valence-electron chi connectivity index (χ1n) is 13.8. The topological polar surface area (TPSA) is 120 Å². The molecule has 0 saturated heterocycles. The Hall–Kier alpha value is -2.87. The molecule has 0 fully saturated rings. The average Bonchev–Trinajstić information content (AvgIpc) is 2.84. The van der Waals surface area contributed by atoms with Gasteiger partial charge in [-0.2, -0.15) is 0 Å². The van der Waals surface area contributed by atoms with Crippen LogP contribution in [0.1, 0.15) is 79.1 Å². The van der Waals surface area contributed by atoms with E-state index in [2.05, 4.69) is 34.3 Å². The molecule has 0 saturated carbocycles. The first kappa shape index (κ1) is 32.2. The molecule has 37 heavy (non-hydrogen) atoms. The van der Waals surface area contributed by atoms with Crippen LogP contribution in [0.15, 0.2) is 48.7 Å². The summed E-state index contributed by atoms with van der Waals surface area (Å²) in [6.45, 7) is 8.03. The maximum atomic E-state index is 13.0. The number of aliphatic hydroxyl groups excluding tert-OH is 1.